The third-order valence-electron chi connectivity index (χ3n) is 2.73. The Labute approximate surface area is 114 Å². The van der Waals surface area contributed by atoms with Gasteiger partial charge < -0.3 is 9.47 Å². The maximum Gasteiger partial charge on any atom is 0.414 e. The Morgan fingerprint density at radius 2 is 2.05 bits per heavy atom. The molecule has 0 N–H and O–H groups in total. The molecule has 0 bridgehead atoms. The average Bonchev–Trinajstić information content (AvgIpc) is 2.57. The van der Waals surface area contributed by atoms with Crippen molar-refractivity contribution >= 4 is 12.1 Å². The Kier molecular flexibility index (Phi) is 4.97. The molecule has 0 saturated carbocycles. The number of rotatable bonds is 2. The standard InChI is InChI=1S/C14H23NO4/c1-6-18-12(16)9-11-8-7-10(2)15(11)13(17)19-14(3,4)5/h9-10H,6-8H2,1-5H3. The molecule has 0 aliphatic carbocycles. The van der Waals surface area contributed by atoms with E-state index in [-0.39, 0.29) is 6.04 Å². The molecule has 0 spiro atoms. The number of carbonyl (C=O) groups is 2. The lowest BCUT2D eigenvalue weighted by atomic mass is 10.2. The number of nitrogens with zero attached hydrogens (tertiary/aromatic N) is 1. The summed E-state index contributed by atoms with van der Waals surface area (Å²) in [6, 6.07) is 0.0375. The van der Waals surface area contributed by atoms with Crippen LogP contribution in [0.5, 0.6) is 0 Å². The molecule has 108 valence electrons. The molecule has 5 heteroatoms. The van der Waals surface area contributed by atoms with Gasteiger partial charge in [-0.05, 0) is 47.5 Å². The summed E-state index contributed by atoms with van der Waals surface area (Å²) < 4.78 is 10.2. The fraction of sp³-hybridized carbons (Fsp3) is 0.714. The molecule has 1 heterocycles. The van der Waals surface area contributed by atoms with E-state index in [1.54, 1.807) is 11.8 Å². The van der Waals surface area contributed by atoms with Crippen LogP contribution >= 0.6 is 0 Å². The van der Waals surface area contributed by atoms with Crippen molar-refractivity contribution in [3.05, 3.63) is 11.8 Å². The molecular weight excluding hydrogens is 246 g/mol. The van der Waals surface area contributed by atoms with E-state index in [1.165, 1.54) is 6.08 Å². The van der Waals surface area contributed by atoms with E-state index in [9.17, 15) is 9.59 Å². The summed E-state index contributed by atoms with van der Waals surface area (Å²) in [4.78, 5) is 25.2. The maximum absolute atomic E-state index is 12.1. The first-order valence-corrected chi connectivity index (χ1v) is 6.64. The van der Waals surface area contributed by atoms with Crippen molar-refractivity contribution in [1.29, 1.82) is 0 Å². The van der Waals surface area contributed by atoms with Gasteiger partial charge in [0.25, 0.3) is 0 Å². The zero-order chi connectivity index (χ0) is 14.6. The van der Waals surface area contributed by atoms with Gasteiger partial charge in [-0.1, -0.05) is 0 Å². The third-order valence-corrected chi connectivity index (χ3v) is 2.73. The van der Waals surface area contributed by atoms with E-state index >= 15 is 0 Å². The van der Waals surface area contributed by atoms with Crippen molar-refractivity contribution in [1.82, 2.24) is 4.90 Å². The zero-order valence-corrected chi connectivity index (χ0v) is 12.4. The largest absolute Gasteiger partial charge is 0.463 e. The molecule has 1 saturated heterocycles. The van der Waals surface area contributed by atoms with Crippen molar-refractivity contribution < 1.29 is 19.1 Å². The van der Waals surface area contributed by atoms with Crippen LogP contribution in [0.2, 0.25) is 0 Å². The van der Waals surface area contributed by atoms with Gasteiger partial charge in [0.05, 0.1) is 6.61 Å². The second-order valence-corrected chi connectivity index (χ2v) is 5.63. The number of hydrogen-bond acceptors (Lipinski definition) is 4. The Morgan fingerprint density at radius 1 is 1.42 bits per heavy atom. The van der Waals surface area contributed by atoms with Crippen LogP contribution in [0.1, 0.15) is 47.5 Å². The number of likely N-dealkylation sites (tertiary alicyclic amines) is 1. The van der Waals surface area contributed by atoms with Gasteiger partial charge in [0.2, 0.25) is 0 Å². The molecule has 0 aromatic heterocycles. The molecule has 1 atom stereocenters. The van der Waals surface area contributed by atoms with Crippen LogP contribution in [0, 0.1) is 0 Å². The Balaban J connectivity index is 2.83. The minimum Gasteiger partial charge on any atom is -0.463 e. The summed E-state index contributed by atoms with van der Waals surface area (Å²) in [6.07, 6.45) is 2.48. The number of hydrogen-bond donors (Lipinski definition) is 0. The van der Waals surface area contributed by atoms with Crippen molar-refractivity contribution in [3.63, 3.8) is 0 Å². The topological polar surface area (TPSA) is 55.8 Å². The maximum atomic E-state index is 12.1. The molecule has 1 amide bonds. The molecule has 0 radical (unpaired) electrons. The summed E-state index contributed by atoms with van der Waals surface area (Å²) >= 11 is 0. The third kappa shape index (κ3) is 4.58. The number of allylic oxidation sites excluding steroid dienone is 1. The second-order valence-electron chi connectivity index (χ2n) is 5.63. The monoisotopic (exact) mass is 269 g/mol. The van der Waals surface area contributed by atoms with Gasteiger partial charge in [0.15, 0.2) is 0 Å². The zero-order valence-electron chi connectivity index (χ0n) is 12.4. The Morgan fingerprint density at radius 3 is 2.58 bits per heavy atom. The van der Waals surface area contributed by atoms with Gasteiger partial charge >= 0.3 is 12.1 Å². The second kappa shape index (κ2) is 6.08. The minimum absolute atomic E-state index is 0.0375. The van der Waals surface area contributed by atoms with E-state index in [0.717, 1.165) is 6.42 Å². The van der Waals surface area contributed by atoms with Gasteiger partial charge in [-0.25, -0.2) is 9.59 Å². The highest BCUT2D eigenvalue weighted by atomic mass is 16.6. The van der Waals surface area contributed by atoms with Gasteiger partial charge in [-0.15, -0.1) is 0 Å². The highest BCUT2D eigenvalue weighted by Crippen LogP contribution is 2.29. The van der Waals surface area contributed by atoms with E-state index in [4.69, 9.17) is 9.47 Å². The number of ether oxygens (including phenoxy) is 2. The molecule has 1 unspecified atom stereocenters. The van der Waals surface area contributed by atoms with Crippen molar-refractivity contribution in [2.75, 3.05) is 6.61 Å². The lowest BCUT2D eigenvalue weighted by Gasteiger charge is -2.27. The predicted molar refractivity (Wildman–Crippen MR) is 71.5 cm³/mol. The van der Waals surface area contributed by atoms with E-state index in [2.05, 4.69) is 0 Å². The molecule has 0 aromatic rings. The smallest absolute Gasteiger partial charge is 0.414 e. The minimum atomic E-state index is -0.547. The predicted octanol–water partition coefficient (Wildman–Crippen LogP) is 2.85. The SMILES string of the molecule is CCOC(=O)C=C1CCC(C)N1C(=O)OC(C)(C)C. The van der Waals surface area contributed by atoms with Gasteiger partial charge in [-0.3, -0.25) is 4.90 Å². The fourth-order valence-corrected chi connectivity index (χ4v) is 1.96. The molecular formula is C14H23NO4. The van der Waals surface area contributed by atoms with Gasteiger partial charge in [0.1, 0.15) is 5.60 Å². The van der Waals surface area contributed by atoms with Crippen molar-refractivity contribution in [2.24, 2.45) is 0 Å². The average molecular weight is 269 g/mol. The summed E-state index contributed by atoms with van der Waals surface area (Å²) in [5.41, 5.74) is 0.120. The number of esters is 1. The molecule has 1 rings (SSSR count). The van der Waals surface area contributed by atoms with Crippen LogP contribution in [-0.2, 0) is 14.3 Å². The van der Waals surface area contributed by atoms with E-state index in [0.29, 0.717) is 18.7 Å². The Hall–Kier alpha value is -1.52. The van der Waals surface area contributed by atoms with E-state index in [1.807, 2.05) is 27.7 Å². The summed E-state index contributed by atoms with van der Waals surface area (Å²) in [5.74, 6) is -0.417. The quantitative estimate of drug-likeness (QED) is 0.571. The molecule has 5 nitrogen and oxygen atoms in total. The van der Waals surface area contributed by atoms with Gasteiger partial charge in [0, 0.05) is 17.8 Å². The van der Waals surface area contributed by atoms with E-state index < -0.39 is 17.7 Å². The highest BCUT2D eigenvalue weighted by Gasteiger charge is 2.33. The lowest BCUT2D eigenvalue weighted by Crippen LogP contribution is -2.38. The van der Waals surface area contributed by atoms with Gasteiger partial charge in [-0.2, -0.15) is 0 Å². The van der Waals surface area contributed by atoms with Crippen molar-refractivity contribution in [3.8, 4) is 0 Å². The van der Waals surface area contributed by atoms with Crippen LogP contribution in [0.4, 0.5) is 4.79 Å². The Bertz CT molecular complexity index is 381. The van der Waals surface area contributed by atoms with Crippen LogP contribution in [0.15, 0.2) is 11.8 Å². The van der Waals surface area contributed by atoms with Crippen LogP contribution in [0.3, 0.4) is 0 Å². The fourth-order valence-electron chi connectivity index (χ4n) is 1.96. The molecule has 1 aliphatic heterocycles. The molecule has 0 aromatic carbocycles. The first kappa shape index (κ1) is 15.5. The van der Waals surface area contributed by atoms with Crippen LogP contribution < -0.4 is 0 Å². The van der Waals surface area contributed by atoms with Crippen LogP contribution in [0.25, 0.3) is 0 Å². The lowest BCUT2D eigenvalue weighted by molar-refractivity contribution is -0.137. The normalized spacial score (nSPS) is 21.6. The first-order chi connectivity index (χ1) is 8.74. The molecule has 1 aliphatic rings. The summed E-state index contributed by atoms with van der Waals surface area (Å²) in [7, 11) is 0. The molecule has 19 heavy (non-hydrogen) atoms. The molecule has 1 fully saturated rings. The summed E-state index contributed by atoms with van der Waals surface area (Å²) in [5, 5.41) is 0. The van der Waals surface area contributed by atoms with Crippen molar-refractivity contribution in [2.45, 2.75) is 59.1 Å². The summed E-state index contributed by atoms with van der Waals surface area (Å²) in [6.45, 7) is 9.47. The van der Waals surface area contributed by atoms with Crippen LogP contribution in [-0.4, -0.2) is 35.2 Å². The number of carbonyl (C=O) groups excluding carboxylic acids is 2. The highest BCUT2D eigenvalue weighted by molar-refractivity contribution is 5.84. The first-order valence-electron chi connectivity index (χ1n) is 6.64. The number of amides is 1.